The normalized spacial score (nSPS) is 16.3. The number of likely N-dealkylation sites (tertiary alicyclic amines) is 1. The second-order valence-electron chi connectivity index (χ2n) is 10.1. The number of hydrogen-bond acceptors (Lipinski definition) is 7. The minimum Gasteiger partial charge on any atom is -0.394 e. The van der Waals surface area contributed by atoms with Crippen LogP contribution in [0.5, 0.6) is 0 Å². The molecule has 8 nitrogen and oxygen atoms in total. The van der Waals surface area contributed by atoms with Crippen molar-refractivity contribution in [2.75, 3.05) is 30.7 Å². The van der Waals surface area contributed by atoms with Gasteiger partial charge in [0, 0.05) is 31.2 Å². The standard InChI is InChI=1S/C27H38N6O2/c1-4-5-11-27(2,18-34)31-25-21-10-9-19(14-23(21)29-26(28)30-25)22-15-24(35)32(3)16-20(22)17-33-12-7-6-8-13-33/h9-10,14-16,34H,4-8,11-13,17-18H2,1-3H3,(H3,28,29,30,31)/t27-/m1/s1. The highest BCUT2D eigenvalue weighted by atomic mass is 16.3. The average Bonchev–Trinajstić information content (AvgIpc) is 2.85. The van der Waals surface area contributed by atoms with Gasteiger partial charge in [-0.25, -0.2) is 4.98 Å². The van der Waals surface area contributed by atoms with E-state index in [0.29, 0.717) is 11.3 Å². The van der Waals surface area contributed by atoms with Gasteiger partial charge < -0.3 is 20.7 Å². The van der Waals surface area contributed by atoms with E-state index in [1.807, 2.05) is 31.3 Å². The van der Waals surface area contributed by atoms with Gasteiger partial charge in [-0.2, -0.15) is 4.98 Å². The number of benzene rings is 1. The average molecular weight is 479 g/mol. The Hall–Kier alpha value is -2.97. The van der Waals surface area contributed by atoms with Crippen LogP contribution in [0, 0.1) is 0 Å². The lowest BCUT2D eigenvalue weighted by molar-refractivity contribution is 0.212. The van der Waals surface area contributed by atoms with Crippen LogP contribution in [0.15, 0.2) is 35.3 Å². The summed E-state index contributed by atoms with van der Waals surface area (Å²) in [7, 11) is 1.80. The maximum Gasteiger partial charge on any atom is 0.250 e. The molecule has 35 heavy (non-hydrogen) atoms. The highest BCUT2D eigenvalue weighted by molar-refractivity contribution is 5.93. The number of aliphatic hydroxyl groups excluding tert-OH is 1. The zero-order valence-corrected chi connectivity index (χ0v) is 21.2. The zero-order chi connectivity index (χ0) is 25.0. The van der Waals surface area contributed by atoms with Crippen LogP contribution in [0.25, 0.3) is 22.0 Å². The smallest absolute Gasteiger partial charge is 0.250 e. The molecule has 0 radical (unpaired) electrons. The molecule has 2 aromatic heterocycles. The number of aliphatic hydroxyl groups is 1. The fourth-order valence-electron chi connectivity index (χ4n) is 4.88. The number of pyridine rings is 1. The molecule has 1 aliphatic heterocycles. The molecule has 0 saturated carbocycles. The number of nitrogens with two attached hydrogens (primary N) is 1. The maximum absolute atomic E-state index is 12.6. The van der Waals surface area contributed by atoms with Gasteiger partial charge in [0.2, 0.25) is 5.95 Å². The largest absolute Gasteiger partial charge is 0.394 e. The first-order valence-corrected chi connectivity index (χ1v) is 12.7. The summed E-state index contributed by atoms with van der Waals surface area (Å²) in [6, 6.07) is 7.70. The Morgan fingerprint density at radius 3 is 2.66 bits per heavy atom. The van der Waals surface area contributed by atoms with Crippen molar-refractivity contribution in [2.24, 2.45) is 7.05 Å². The quantitative estimate of drug-likeness (QED) is 0.428. The van der Waals surface area contributed by atoms with Gasteiger partial charge in [-0.1, -0.05) is 32.3 Å². The Balaban J connectivity index is 1.74. The summed E-state index contributed by atoms with van der Waals surface area (Å²) in [6.07, 6.45) is 8.53. The van der Waals surface area contributed by atoms with Gasteiger partial charge >= 0.3 is 0 Å². The number of unbranched alkanes of at least 4 members (excludes halogenated alkanes) is 1. The van der Waals surface area contributed by atoms with Gasteiger partial charge in [-0.3, -0.25) is 9.69 Å². The Labute approximate surface area is 207 Å². The number of nitrogen functional groups attached to an aromatic ring is 1. The second-order valence-corrected chi connectivity index (χ2v) is 10.1. The molecule has 4 N–H and O–H groups in total. The van der Waals surface area contributed by atoms with E-state index in [1.165, 1.54) is 19.3 Å². The molecule has 1 fully saturated rings. The monoisotopic (exact) mass is 478 g/mol. The van der Waals surface area contributed by atoms with Crippen LogP contribution in [0.3, 0.4) is 0 Å². The van der Waals surface area contributed by atoms with E-state index in [0.717, 1.165) is 61.0 Å². The number of fused-ring (bicyclic) bond motifs is 1. The van der Waals surface area contributed by atoms with Crippen LogP contribution >= 0.6 is 0 Å². The highest BCUT2D eigenvalue weighted by Crippen LogP contribution is 2.31. The van der Waals surface area contributed by atoms with Crippen molar-refractivity contribution in [1.29, 1.82) is 0 Å². The molecule has 3 heterocycles. The lowest BCUT2D eigenvalue weighted by Crippen LogP contribution is -2.39. The molecule has 188 valence electrons. The van der Waals surface area contributed by atoms with Crippen molar-refractivity contribution in [3.8, 4) is 11.1 Å². The highest BCUT2D eigenvalue weighted by Gasteiger charge is 2.24. The summed E-state index contributed by atoms with van der Waals surface area (Å²) in [5.41, 5.74) is 9.23. The molecule has 3 aromatic rings. The predicted molar refractivity (Wildman–Crippen MR) is 142 cm³/mol. The molecule has 4 rings (SSSR count). The number of rotatable bonds is 9. The lowest BCUT2D eigenvalue weighted by Gasteiger charge is -2.30. The molecule has 0 amide bonds. The van der Waals surface area contributed by atoms with Gasteiger partial charge in [0.1, 0.15) is 5.82 Å². The molecule has 8 heteroatoms. The number of hydrogen-bond donors (Lipinski definition) is 3. The fourth-order valence-corrected chi connectivity index (χ4v) is 4.88. The third kappa shape index (κ3) is 5.82. The first kappa shape index (κ1) is 25.1. The molecular formula is C27H38N6O2. The van der Waals surface area contributed by atoms with Crippen LogP contribution in [-0.4, -0.2) is 49.8 Å². The number of piperidine rings is 1. The molecule has 1 atom stereocenters. The summed E-state index contributed by atoms with van der Waals surface area (Å²) < 4.78 is 1.65. The van der Waals surface area contributed by atoms with Crippen molar-refractivity contribution < 1.29 is 5.11 Å². The zero-order valence-electron chi connectivity index (χ0n) is 21.2. The van der Waals surface area contributed by atoms with Gasteiger partial charge in [-0.05, 0) is 68.1 Å². The van der Waals surface area contributed by atoms with Crippen molar-refractivity contribution >= 4 is 22.7 Å². The van der Waals surface area contributed by atoms with Crippen molar-refractivity contribution in [3.05, 3.63) is 46.4 Å². The van der Waals surface area contributed by atoms with Crippen LogP contribution in [0.4, 0.5) is 11.8 Å². The van der Waals surface area contributed by atoms with Crippen molar-refractivity contribution in [1.82, 2.24) is 19.4 Å². The van der Waals surface area contributed by atoms with Gasteiger partial charge in [0.15, 0.2) is 0 Å². The van der Waals surface area contributed by atoms with Crippen molar-refractivity contribution in [2.45, 2.75) is 64.5 Å². The van der Waals surface area contributed by atoms with E-state index in [2.05, 4.69) is 27.1 Å². The molecular weight excluding hydrogens is 440 g/mol. The third-order valence-electron chi connectivity index (χ3n) is 7.03. The molecule has 0 unspecified atom stereocenters. The maximum atomic E-state index is 12.6. The van der Waals surface area contributed by atoms with Gasteiger partial charge in [0.25, 0.3) is 5.56 Å². The van der Waals surface area contributed by atoms with Crippen LogP contribution in [0.2, 0.25) is 0 Å². The van der Waals surface area contributed by atoms with Crippen LogP contribution in [0.1, 0.15) is 57.9 Å². The van der Waals surface area contributed by atoms with Gasteiger partial charge in [0.05, 0.1) is 17.7 Å². The molecule has 0 bridgehead atoms. The molecule has 1 aromatic carbocycles. The Morgan fingerprint density at radius 1 is 1.17 bits per heavy atom. The molecule has 1 aliphatic rings. The van der Waals surface area contributed by atoms with E-state index in [9.17, 15) is 9.90 Å². The van der Waals surface area contributed by atoms with Crippen LogP contribution in [-0.2, 0) is 13.6 Å². The summed E-state index contributed by atoms with van der Waals surface area (Å²) in [5.74, 6) is 0.787. The summed E-state index contributed by atoms with van der Waals surface area (Å²) in [6.45, 7) is 7.10. The first-order valence-electron chi connectivity index (χ1n) is 12.7. The Morgan fingerprint density at radius 2 is 1.94 bits per heavy atom. The summed E-state index contributed by atoms with van der Waals surface area (Å²) in [5, 5.41) is 14.3. The number of nitrogens with zero attached hydrogens (tertiary/aromatic N) is 4. The summed E-state index contributed by atoms with van der Waals surface area (Å²) >= 11 is 0. The topological polar surface area (TPSA) is 109 Å². The summed E-state index contributed by atoms with van der Waals surface area (Å²) in [4.78, 5) is 24.0. The number of aromatic nitrogens is 3. The molecule has 0 aliphatic carbocycles. The SMILES string of the molecule is CCCC[C@](C)(CO)Nc1nc(N)nc2cc(-c3cc(=O)n(C)cc3CN3CCCCC3)ccc12. The van der Waals surface area contributed by atoms with E-state index in [1.54, 1.807) is 17.7 Å². The van der Waals surface area contributed by atoms with E-state index < -0.39 is 5.54 Å². The number of aryl methyl sites for hydroxylation is 1. The number of nitrogens with one attached hydrogen (secondary N) is 1. The predicted octanol–water partition coefficient (Wildman–Crippen LogP) is 3.92. The van der Waals surface area contributed by atoms with Gasteiger partial charge in [-0.15, -0.1) is 0 Å². The second kappa shape index (κ2) is 10.7. The van der Waals surface area contributed by atoms with E-state index in [-0.39, 0.29) is 18.1 Å². The minimum atomic E-state index is -0.504. The molecule has 1 saturated heterocycles. The lowest BCUT2D eigenvalue weighted by atomic mass is 9.95. The fraction of sp³-hybridized carbons (Fsp3) is 0.519. The van der Waals surface area contributed by atoms with Crippen molar-refractivity contribution in [3.63, 3.8) is 0 Å². The van der Waals surface area contributed by atoms with E-state index >= 15 is 0 Å². The Bertz CT molecular complexity index is 1230. The number of anilines is 2. The minimum absolute atomic E-state index is 0.0103. The van der Waals surface area contributed by atoms with E-state index in [4.69, 9.17) is 5.73 Å². The Kier molecular flexibility index (Phi) is 7.72. The third-order valence-corrected chi connectivity index (χ3v) is 7.03. The molecule has 0 spiro atoms. The first-order chi connectivity index (χ1) is 16.8. The van der Waals surface area contributed by atoms with Crippen LogP contribution < -0.4 is 16.6 Å².